The molecular weight excluding hydrogens is 180 g/mol. The van der Waals surface area contributed by atoms with E-state index in [1.54, 1.807) is 0 Å². The number of hydrogen-bond donors (Lipinski definition) is 0. The van der Waals surface area contributed by atoms with Crippen LogP contribution < -0.4 is 0 Å². The molecule has 0 spiro atoms. The largest absolute Gasteiger partial charge is 0.119 e. The van der Waals surface area contributed by atoms with Gasteiger partial charge < -0.3 is 0 Å². The zero-order valence-corrected chi connectivity index (χ0v) is 10.8. The average molecular weight is 205 g/mol. The number of alkyl halides is 1. The molecule has 0 aromatic rings. The van der Waals surface area contributed by atoms with Gasteiger partial charge in [-0.3, -0.25) is 0 Å². The Balaban J connectivity index is 4.35. The van der Waals surface area contributed by atoms with Gasteiger partial charge in [-0.25, -0.2) is 0 Å². The molecule has 0 nitrogen and oxygen atoms in total. The quantitative estimate of drug-likeness (QED) is 0.569. The minimum Gasteiger partial charge on any atom is -0.119 e. The number of halogens is 1. The molecule has 80 valence electrons. The Morgan fingerprint density at radius 1 is 1.15 bits per heavy atom. The minimum absolute atomic E-state index is 0.0375. The van der Waals surface area contributed by atoms with Crippen LogP contribution in [0.3, 0.4) is 0 Å². The maximum atomic E-state index is 6.61. The highest BCUT2D eigenvalue weighted by atomic mass is 35.5. The van der Waals surface area contributed by atoms with E-state index in [0.717, 1.165) is 0 Å². The lowest BCUT2D eigenvalue weighted by Crippen LogP contribution is -2.36. The van der Waals surface area contributed by atoms with Gasteiger partial charge in [0, 0.05) is 4.87 Å². The standard InChI is InChI=1S/C12H25Cl/c1-7-8-10(4)12(6,13)11(5)9(2)3/h9-11H,7-8H2,1-6H3. The normalized spacial score (nSPS) is 21.2. The zero-order chi connectivity index (χ0) is 10.6. The van der Waals surface area contributed by atoms with Crippen molar-refractivity contribution in [3.8, 4) is 0 Å². The molecule has 0 aromatic carbocycles. The van der Waals surface area contributed by atoms with Gasteiger partial charge in [0.1, 0.15) is 0 Å². The van der Waals surface area contributed by atoms with E-state index in [1.165, 1.54) is 12.8 Å². The van der Waals surface area contributed by atoms with Crippen molar-refractivity contribution >= 4 is 11.6 Å². The molecular formula is C12H25Cl. The Hall–Kier alpha value is 0.290. The van der Waals surface area contributed by atoms with Gasteiger partial charge in [0.15, 0.2) is 0 Å². The van der Waals surface area contributed by atoms with Crippen molar-refractivity contribution < 1.29 is 0 Å². The van der Waals surface area contributed by atoms with E-state index in [1.807, 2.05) is 0 Å². The smallest absolute Gasteiger partial charge is 0.0472 e. The second-order valence-corrected chi connectivity index (χ2v) is 5.69. The number of hydrogen-bond acceptors (Lipinski definition) is 0. The van der Waals surface area contributed by atoms with Crippen molar-refractivity contribution in [3.05, 3.63) is 0 Å². The first-order valence-electron chi connectivity index (χ1n) is 5.52. The summed E-state index contributed by atoms with van der Waals surface area (Å²) in [5.41, 5.74) is 0. The molecule has 0 saturated carbocycles. The lowest BCUT2D eigenvalue weighted by atomic mass is 9.76. The molecule has 0 rings (SSSR count). The summed E-state index contributed by atoms with van der Waals surface area (Å²) in [6.45, 7) is 13.5. The van der Waals surface area contributed by atoms with Gasteiger partial charge in [-0.15, -0.1) is 11.6 Å². The lowest BCUT2D eigenvalue weighted by molar-refractivity contribution is 0.242. The molecule has 1 heteroatoms. The third-order valence-corrected chi connectivity index (χ3v) is 4.29. The molecule has 0 aliphatic heterocycles. The Kier molecular flexibility index (Phi) is 5.36. The molecule has 0 saturated heterocycles. The van der Waals surface area contributed by atoms with Crippen LogP contribution in [0, 0.1) is 17.8 Å². The molecule has 3 unspecified atom stereocenters. The monoisotopic (exact) mass is 204 g/mol. The van der Waals surface area contributed by atoms with Crippen molar-refractivity contribution in [1.82, 2.24) is 0 Å². The van der Waals surface area contributed by atoms with E-state index in [9.17, 15) is 0 Å². The molecule has 0 fully saturated rings. The summed E-state index contributed by atoms with van der Waals surface area (Å²) < 4.78 is 0. The molecule has 13 heavy (non-hydrogen) atoms. The van der Waals surface area contributed by atoms with Crippen LogP contribution in [-0.4, -0.2) is 4.87 Å². The van der Waals surface area contributed by atoms with Crippen LogP contribution in [-0.2, 0) is 0 Å². The lowest BCUT2D eigenvalue weighted by Gasteiger charge is -2.37. The zero-order valence-electron chi connectivity index (χ0n) is 10.0. The van der Waals surface area contributed by atoms with E-state index in [4.69, 9.17) is 11.6 Å². The maximum absolute atomic E-state index is 6.61. The third-order valence-electron chi connectivity index (χ3n) is 3.58. The summed E-state index contributed by atoms with van der Waals surface area (Å²) >= 11 is 6.61. The fourth-order valence-electron chi connectivity index (χ4n) is 1.82. The summed E-state index contributed by atoms with van der Waals surface area (Å²) in [7, 11) is 0. The van der Waals surface area contributed by atoms with Crippen LogP contribution in [0.15, 0.2) is 0 Å². The highest BCUT2D eigenvalue weighted by Crippen LogP contribution is 2.39. The Morgan fingerprint density at radius 3 is 1.92 bits per heavy atom. The molecule has 0 heterocycles. The second-order valence-electron chi connectivity index (χ2n) is 4.87. The van der Waals surface area contributed by atoms with E-state index in [-0.39, 0.29) is 4.87 Å². The first kappa shape index (κ1) is 13.3. The summed E-state index contributed by atoms with van der Waals surface area (Å²) in [6.07, 6.45) is 2.46. The Labute approximate surface area is 89.1 Å². The highest BCUT2D eigenvalue weighted by molar-refractivity contribution is 6.24. The van der Waals surface area contributed by atoms with Crippen LogP contribution in [0.4, 0.5) is 0 Å². The van der Waals surface area contributed by atoms with Crippen molar-refractivity contribution in [1.29, 1.82) is 0 Å². The second kappa shape index (κ2) is 5.24. The van der Waals surface area contributed by atoms with Crippen molar-refractivity contribution in [3.63, 3.8) is 0 Å². The average Bonchev–Trinajstić information content (AvgIpc) is 2.03. The summed E-state index contributed by atoms with van der Waals surface area (Å²) in [5, 5.41) is 0. The predicted molar refractivity (Wildman–Crippen MR) is 62.3 cm³/mol. The molecule has 0 aromatic heterocycles. The Bertz CT molecular complexity index is 138. The Morgan fingerprint density at radius 2 is 1.62 bits per heavy atom. The van der Waals surface area contributed by atoms with Crippen LogP contribution in [0.25, 0.3) is 0 Å². The number of rotatable bonds is 5. The van der Waals surface area contributed by atoms with Gasteiger partial charge in [0.05, 0.1) is 0 Å². The fourth-order valence-corrected chi connectivity index (χ4v) is 2.18. The van der Waals surface area contributed by atoms with Crippen LogP contribution >= 0.6 is 11.6 Å². The summed E-state index contributed by atoms with van der Waals surface area (Å²) in [6, 6.07) is 0. The van der Waals surface area contributed by atoms with Gasteiger partial charge >= 0.3 is 0 Å². The molecule has 3 atom stereocenters. The fraction of sp³-hybridized carbons (Fsp3) is 1.00. The summed E-state index contributed by atoms with van der Waals surface area (Å²) in [4.78, 5) is -0.0375. The molecule has 0 amide bonds. The van der Waals surface area contributed by atoms with Crippen molar-refractivity contribution in [2.75, 3.05) is 0 Å². The third kappa shape index (κ3) is 3.50. The van der Waals surface area contributed by atoms with Crippen LogP contribution in [0.1, 0.15) is 54.4 Å². The van der Waals surface area contributed by atoms with E-state index >= 15 is 0 Å². The van der Waals surface area contributed by atoms with Gasteiger partial charge in [-0.05, 0) is 31.1 Å². The SMILES string of the molecule is CCCC(C)C(C)(Cl)C(C)C(C)C. The summed E-state index contributed by atoms with van der Waals surface area (Å²) in [5.74, 6) is 1.86. The molecule has 0 radical (unpaired) electrons. The van der Waals surface area contributed by atoms with Gasteiger partial charge in [0.2, 0.25) is 0 Å². The van der Waals surface area contributed by atoms with Gasteiger partial charge in [-0.2, -0.15) is 0 Å². The van der Waals surface area contributed by atoms with Crippen molar-refractivity contribution in [2.45, 2.75) is 59.3 Å². The van der Waals surface area contributed by atoms with Crippen molar-refractivity contribution in [2.24, 2.45) is 17.8 Å². The first-order chi connectivity index (χ1) is 5.84. The first-order valence-corrected chi connectivity index (χ1v) is 5.90. The van der Waals surface area contributed by atoms with E-state index in [2.05, 4.69) is 41.5 Å². The maximum Gasteiger partial charge on any atom is 0.0472 e. The van der Waals surface area contributed by atoms with Crippen LogP contribution in [0.2, 0.25) is 0 Å². The van der Waals surface area contributed by atoms with Gasteiger partial charge in [-0.1, -0.05) is 41.0 Å². The topological polar surface area (TPSA) is 0 Å². The van der Waals surface area contributed by atoms with Crippen LogP contribution in [0.5, 0.6) is 0 Å². The minimum atomic E-state index is -0.0375. The molecule has 0 aliphatic rings. The molecule has 0 bridgehead atoms. The van der Waals surface area contributed by atoms with E-state index < -0.39 is 0 Å². The molecule has 0 aliphatic carbocycles. The van der Waals surface area contributed by atoms with E-state index in [0.29, 0.717) is 17.8 Å². The van der Waals surface area contributed by atoms with Gasteiger partial charge in [0.25, 0.3) is 0 Å². The molecule has 0 N–H and O–H groups in total. The predicted octanol–water partition coefficient (Wildman–Crippen LogP) is 4.71. The highest BCUT2D eigenvalue weighted by Gasteiger charge is 2.35.